The van der Waals surface area contributed by atoms with Crippen LogP contribution < -0.4 is 4.90 Å². The molecule has 0 radical (unpaired) electrons. The summed E-state index contributed by atoms with van der Waals surface area (Å²) in [7, 11) is 0. The third kappa shape index (κ3) is 7.12. The van der Waals surface area contributed by atoms with Gasteiger partial charge >= 0.3 is 12.4 Å². The number of aliphatic hydroxyl groups excluding tert-OH is 2. The molecule has 2 aromatic rings. The van der Waals surface area contributed by atoms with Crippen LogP contribution in [0.3, 0.4) is 0 Å². The van der Waals surface area contributed by atoms with E-state index in [-0.39, 0.29) is 24.7 Å². The number of carbonyl (C=O) groups is 2. The molecule has 3 N–H and O–H groups in total. The molecule has 1 saturated heterocycles. The number of benzene rings is 2. The molecule has 0 aromatic heterocycles. The molecule has 1 aliphatic carbocycles. The maximum Gasteiger partial charge on any atom is 0.416 e. The van der Waals surface area contributed by atoms with Crippen molar-refractivity contribution in [3.8, 4) is 5.75 Å². The van der Waals surface area contributed by atoms with Crippen molar-refractivity contribution < 1.29 is 51.3 Å². The monoisotopic (exact) mass is 639 g/mol. The van der Waals surface area contributed by atoms with Crippen molar-refractivity contribution in [1.29, 1.82) is 0 Å². The molecule has 1 fully saturated rings. The molecule has 2 amide bonds. The Morgan fingerprint density at radius 2 is 1.60 bits per heavy atom. The van der Waals surface area contributed by atoms with Crippen LogP contribution in [0.5, 0.6) is 5.75 Å². The van der Waals surface area contributed by atoms with E-state index in [0.29, 0.717) is 53.0 Å². The number of fused-ring (bicyclic) bond motifs is 1. The third-order valence-electron chi connectivity index (χ3n) is 8.60. The van der Waals surface area contributed by atoms with E-state index in [4.69, 9.17) is 0 Å². The van der Waals surface area contributed by atoms with Crippen molar-refractivity contribution in [1.82, 2.24) is 0 Å². The summed E-state index contributed by atoms with van der Waals surface area (Å²) in [6.07, 6.45) is -7.32. The number of phenolic OH excluding ortho intramolecular Hbond substituents is 1. The Balaban J connectivity index is 1.66. The van der Waals surface area contributed by atoms with Crippen molar-refractivity contribution in [2.24, 2.45) is 17.8 Å². The zero-order valence-electron chi connectivity index (χ0n) is 24.8. The molecule has 2 aromatic carbocycles. The quantitative estimate of drug-likeness (QED) is 0.144. The molecule has 2 aliphatic rings. The van der Waals surface area contributed by atoms with Crippen LogP contribution in [0.1, 0.15) is 69.1 Å². The lowest BCUT2D eigenvalue weighted by Crippen LogP contribution is -2.39. The number of rotatable bonds is 10. The molecule has 0 unspecified atom stereocenters. The largest absolute Gasteiger partial charge is 0.507 e. The molecule has 45 heavy (non-hydrogen) atoms. The van der Waals surface area contributed by atoms with Gasteiger partial charge in [-0.25, -0.2) is 4.90 Å². The van der Waals surface area contributed by atoms with Gasteiger partial charge in [0.1, 0.15) is 5.75 Å². The molecule has 1 heterocycles. The Hall–Kier alpha value is -3.64. The Kier molecular flexibility index (Phi) is 10.2. The van der Waals surface area contributed by atoms with E-state index in [2.05, 4.69) is 0 Å². The first-order valence-electron chi connectivity index (χ1n) is 14.8. The normalized spacial score (nSPS) is 21.9. The molecule has 6 nitrogen and oxygen atoms in total. The summed E-state index contributed by atoms with van der Waals surface area (Å²) in [6, 6.07) is 7.37. The van der Waals surface area contributed by atoms with Crippen LogP contribution in [0, 0.1) is 17.8 Å². The zero-order chi connectivity index (χ0) is 33.3. The van der Waals surface area contributed by atoms with Crippen LogP contribution >= 0.6 is 0 Å². The van der Waals surface area contributed by atoms with Gasteiger partial charge in [0, 0.05) is 11.5 Å². The fourth-order valence-electron chi connectivity index (χ4n) is 6.52. The number of hydrogen-bond donors (Lipinski definition) is 3. The van der Waals surface area contributed by atoms with Gasteiger partial charge in [0.2, 0.25) is 11.8 Å². The predicted molar refractivity (Wildman–Crippen MR) is 155 cm³/mol. The van der Waals surface area contributed by atoms with Crippen molar-refractivity contribution in [2.45, 2.75) is 70.8 Å². The second-order valence-corrected chi connectivity index (χ2v) is 11.5. The second-order valence-electron chi connectivity index (χ2n) is 11.5. The number of amides is 2. The Labute approximate surface area is 256 Å². The van der Waals surface area contributed by atoms with Crippen molar-refractivity contribution in [3.05, 3.63) is 75.9 Å². The van der Waals surface area contributed by atoms with E-state index in [0.717, 1.165) is 12.0 Å². The van der Waals surface area contributed by atoms with Gasteiger partial charge in [0.15, 0.2) is 0 Å². The number of carbonyl (C=O) groups excluding carboxylic acids is 2. The lowest BCUT2D eigenvalue weighted by molar-refractivity contribution is -0.143. The van der Waals surface area contributed by atoms with E-state index in [1.165, 1.54) is 0 Å². The molecule has 244 valence electrons. The van der Waals surface area contributed by atoms with E-state index >= 15 is 0 Å². The van der Waals surface area contributed by atoms with Gasteiger partial charge in [-0.1, -0.05) is 55.7 Å². The first-order chi connectivity index (χ1) is 21.1. The van der Waals surface area contributed by atoms with Crippen molar-refractivity contribution in [2.75, 3.05) is 11.5 Å². The minimum absolute atomic E-state index is 0.0359. The first kappa shape index (κ1) is 34.2. The van der Waals surface area contributed by atoms with Crippen LogP contribution in [0.25, 0.3) is 6.08 Å². The van der Waals surface area contributed by atoms with Gasteiger partial charge in [-0.15, -0.1) is 0 Å². The van der Waals surface area contributed by atoms with Crippen LogP contribution in [0.2, 0.25) is 0 Å². The van der Waals surface area contributed by atoms with Gasteiger partial charge < -0.3 is 15.3 Å². The zero-order valence-corrected chi connectivity index (χ0v) is 24.8. The van der Waals surface area contributed by atoms with E-state index in [1.54, 1.807) is 31.2 Å². The van der Waals surface area contributed by atoms with Gasteiger partial charge in [-0.05, 0) is 61.9 Å². The topological polar surface area (TPSA) is 98.1 Å². The second kappa shape index (κ2) is 13.4. The number of para-hydroxylation sites is 1. The van der Waals surface area contributed by atoms with E-state index < -0.39 is 71.4 Å². The Morgan fingerprint density at radius 1 is 0.978 bits per heavy atom. The molecule has 4 atom stereocenters. The standard InChI is InChI=1S/C33H35F6NO5/c1-3-7-18(12-20-8-5-6-9-26(20)42)10-11-27(43)28-19(4-2)13-24-29(25(28)17-41)31(45)40(30(24)44)23-15-21(32(34,35)36)14-22(16-23)33(37,38)39/h5-6,8-9,12,14-16,24-25,27,29,41-43H,3-4,7,10-11,13,17H2,1-2H3/b18-12+/t24-,25+,27-,29-/m1/s1. The summed E-state index contributed by atoms with van der Waals surface area (Å²) in [5, 5.41) is 32.1. The number of phenols is 1. The summed E-state index contributed by atoms with van der Waals surface area (Å²) in [6.45, 7) is 3.07. The summed E-state index contributed by atoms with van der Waals surface area (Å²) in [5.41, 5.74) is -1.66. The lowest BCUT2D eigenvalue weighted by Gasteiger charge is -2.36. The molecule has 1 aliphatic heterocycles. The van der Waals surface area contributed by atoms with Crippen molar-refractivity contribution in [3.63, 3.8) is 0 Å². The molecule has 0 saturated carbocycles. The minimum Gasteiger partial charge on any atom is -0.507 e. The summed E-state index contributed by atoms with van der Waals surface area (Å²) in [4.78, 5) is 27.6. The number of aliphatic hydroxyl groups is 2. The maximum atomic E-state index is 13.7. The predicted octanol–water partition coefficient (Wildman–Crippen LogP) is 7.28. The molecule has 4 rings (SSSR count). The third-order valence-corrected chi connectivity index (χ3v) is 8.60. The van der Waals surface area contributed by atoms with Crippen LogP contribution in [0.4, 0.5) is 32.0 Å². The van der Waals surface area contributed by atoms with Crippen LogP contribution in [0.15, 0.2) is 59.2 Å². The highest BCUT2D eigenvalue weighted by Crippen LogP contribution is 2.49. The lowest BCUT2D eigenvalue weighted by atomic mass is 9.67. The number of alkyl halides is 6. The number of halogens is 6. The SMILES string of the molecule is CCC/C(=C\c1ccccc1O)CC[C@@H](O)C1=C(CC)C[C@H]2C(=O)N(c3cc(C(F)(F)F)cc(C(F)(F)F)c3)C(=O)[C@H]2[C@H]1CO. The summed E-state index contributed by atoms with van der Waals surface area (Å²) < 4.78 is 81.3. The fourth-order valence-corrected chi connectivity index (χ4v) is 6.52. The van der Waals surface area contributed by atoms with Gasteiger partial charge in [0.25, 0.3) is 0 Å². The highest BCUT2D eigenvalue weighted by atomic mass is 19.4. The van der Waals surface area contributed by atoms with Gasteiger partial charge in [-0.3, -0.25) is 9.59 Å². The number of anilines is 1. The number of aromatic hydroxyl groups is 1. The average molecular weight is 640 g/mol. The maximum absolute atomic E-state index is 13.7. The van der Waals surface area contributed by atoms with Gasteiger partial charge in [-0.2, -0.15) is 26.3 Å². The van der Waals surface area contributed by atoms with Crippen LogP contribution in [-0.2, 0) is 21.9 Å². The number of nitrogens with zero attached hydrogens (tertiary/aromatic N) is 1. The highest BCUT2D eigenvalue weighted by molar-refractivity contribution is 6.22. The molecular weight excluding hydrogens is 604 g/mol. The van der Waals surface area contributed by atoms with Crippen molar-refractivity contribution >= 4 is 23.6 Å². The molecule has 12 heteroatoms. The van der Waals surface area contributed by atoms with Gasteiger partial charge in [0.05, 0.1) is 41.4 Å². The van der Waals surface area contributed by atoms with E-state index in [9.17, 15) is 51.3 Å². The summed E-state index contributed by atoms with van der Waals surface area (Å²) >= 11 is 0. The van der Waals surface area contributed by atoms with E-state index in [1.807, 2.05) is 13.0 Å². The number of allylic oxidation sites excluding steroid dienone is 2. The molecule has 0 spiro atoms. The fraction of sp³-hybridized carbons (Fsp3) is 0.455. The first-order valence-corrected chi connectivity index (χ1v) is 14.8. The molecular formula is C33H35F6NO5. The Bertz CT molecular complexity index is 1460. The summed E-state index contributed by atoms with van der Waals surface area (Å²) in [5.74, 6) is -5.36. The van der Waals surface area contributed by atoms with Crippen LogP contribution in [-0.4, -0.2) is 39.8 Å². The highest BCUT2D eigenvalue weighted by Gasteiger charge is 2.55. The number of imide groups is 1. The molecule has 0 bridgehead atoms. The smallest absolute Gasteiger partial charge is 0.416 e. The number of hydrogen-bond acceptors (Lipinski definition) is 5. The minimum atomic E-state index is -5.18. The Morgan fingerprint density at radius 3 is 2.13 bits per heavy atom. The average Bonchev–Trinajstić information content (AvgIpc) is 3.23.